The number of ether oxygens (including phenoxy) is 4. The van der Waals surface area contributed by atoms with Crippen LogP contribution in [0.15, 0.2) is 60.7 Å². The molecule has 0 bridgehead atoms. The average molecular weight is 423 g/mol. The highest BCUT2D eigenvalue weighted by molar-refractivity contribution is 5.77. The lowest BCUT2D eigenvalue weighted by Crippen LogP contribution is -2.32. The van der Waals surface area contributed by atoms with Crippen LogP contribution < -0.4 is 24.3 Å². The average Bonchev–Trinajstić information content (AvgIpc) is 2.82. The van der Waals surface area contributed by atoms with Crippen molar-refractivity contribution in [3.63, 3.8) is 0 Å². The van der Waals surface area contributed by atoms with Gasteiger partial charge in [-0.15, -0.1) is 10.2 Å². The first kappa shape index (κ1) is 21.9. The van der Waals surface area contributed by atoms with E-state index in [1.165, 1.54) is 0 Å². The lowest BCUT2D eigenvalue weighted by atomic mass is 10.1. The molecule has 0 unspecified atom stereocenters. The number of carbonyl (C=O) groups is 1. The van der Waals surface area contributed by atoms with Gasteiger partial charge in [-0.05, 0) is 49.4 Å². The van der Waals surface area contributed by atoms with Gasteiger partial charge >= 0.3 is 0 Å². The molecule has 0 aliphatic rings. The summed E-state index contributed by atoms with van der Waals surface area (Å²) in [5.74, 6) is 2.18. The smallest absolute Gasteiger partial charge is 0.258 e. The van der Waals surface area contributed by atoms with E-state index in [0.29, 0.717) is 30.5 Å². The maximum atomic E-state index is 11.9. The second-order valence-electron chi connectivity index (χ2n) is 6.38. The fraction of sp³-hybridized carbons (Fsp3) is 0.261. The Balaban J connectivity index is 1.37. The molecule has 0 aliphatic carbocycles. The van der Waals surface area contributed by atoms with Gasteiger partial charge in [-0.3, -0.25) is 4.79 Å². The lowest BCUT2D eigenvalue weighted by molar-refractivity contribution is -0.123. The molecule has 0 fully saturated rings. The number of carbonyl (C=O) groups excluding carboxylic acids is 1. The maximum absolute atomic E-state index is 11.9. The van der Waals surface area contributed by atoms with Crippen LogP contribution in [-0.4, -0.2) is 49.6 Å². The second-order valence-corrected chi connectivity index (χ2v) is 6.38. The van der Waals surface area contributed by atoms with Gasteiger partial charge in [0.05, 0.1) is 26.0 Å². The third kappa shape index (κ3) is 6.88. The first-order valence-electron chi connectivity index (χ1n) is 9.91. The van der Waals surface area contributed by atoms with E-state index in [2.05, 4.69) is 15.5 Å². The molecule has 0 atom stereocenters. The Morgan fingerprint density at radius 2 is 1.71 bits per heavy atom. The Hall–Kier alpha value is -3.81. The zero-order valence-electron chi connectivity index (χ0n) is 17.5. The Morgan fingerprint density at radius 3 is 2.42 bits per heavy atom. The SMILES string of the molecule is CCOc1ccc(-c2ccc(OCCNC(=O)COc3cccc(OC)c3)nn2)cc1. The number of hydrogen-bond donors (Lipinski definition) is 1. The molecule has 8 nitrogen and oxygen atoms in total. The topological polar surface area (TPSA) is 91.8 Å². The highest BCUT2D eigenvalue weighted by Crippen LogP contribution is 2.21. The van der Waals surface area contributed by atoms with E-state index in [0.717, 1.165) is 17.0 Å². The van der Waals surface area contributed by atoms with Crippen LogP contribution in [0, 0.1) is 0 Å². The van der Waals surface area contributed by atoms with Crippen LogP contribution in [0.3, 0.4) is 0 Å². The first-order valence-corrected chi connectivity index (χ1v) is 9.91. The molecule has 1 amide bonds. The molecule has 0 saturated carbocycles. The van der Waals surface area contributed by atoms with Crippen molar-refractivity contribution in [2.75, 3.05) is 33.5 Å². The highest BCUT2D eigenvalue weighted by atomic mass is 16.5. The van der Waals surface area contributed by atoms with Gasteiger partial charge in [0.1, 0.15) is 23.9 Å². The standard InChI is InChI=1S/C23H25N3O5/c1-3-29-18-9-7-17(8-10-18)21-11-12-23(26-25-21)30-14-13-24-22(27)16-31-20-6-4-5-19(15-20)28-2/h4-12,15H,3,13-14,16H2,1-2H3,(H,24,27). The molecule has 0 saturated heterocycles. The van der Waals surface area contributed by atoms with Crippen molar-refractivity contribution in [3.8, 4) is 34.4 Å². The number of hydrogen-bond acceptors (Lipinski definition) is 7. The van der Waals surface area contributed by atoms with Crippen molar-refractivity contribution in [2.24, 2.45) is 0 Å². The van der Waals surface area contributed by atoms with E-state index in [1.807, 2.05) is 37.3 Å². The molecule has 0 aliphatic heterocycles. The third-order valence-corrected chi connectivity index (χ3v) is 4.19. The zero-order valence-corrected chi connectivity index (χ0v) is 17.5. The minimum atomic E-state index is -0.247. The molecule has 31 heavy (non-hydrogen) atoms. The molecule has 0 radical (unpaired) electrons. The van der Waals surface area contributed by atoms with Crippen molar-refractivity contribution < 1.29 is 23.7 Å². The monoisotopic (exact) mass is 423 g/mol. The summed E-state index contributed by atoms with van der Waals surface area (Å²) in [6, 6.07) is 18.3. The molecule has 0 spiro atoms. The van der Waals surface area contributed by atoms with Crippen molar-refractivity contribution in [2.45, 2.75) is 6.92 Å². The number of benzene rings is 2. The summed E-state index contributed by atoms with van der Waals surface area (Å²) in [6.45, 7) is 3.06. The van der Waals surface area contributed by atoms with Gasteiger partial charge < -0.3 is 24.3 Å². The van der Waals surface area contributed by atoms with Gasteiger partial charge in [0.15, 0.2) is 6.61 Å². The number of nitrogens with one attached hydrogen (secondary N) is 1. The van der Waals surface area contributed by atoms with Crippen LogP contribution in [0.5, 0.6) is 23.1 Å². The van der Waals surface area contributed by atoms with E-state index in [1.54, 1.807) is 37.4 Å². The van der Waals surface area contributed by atoms with Gasteiger partial charge in [-0.1, -0.05) is 6.07 Å². The minimum Gasteiger partial charge on any atom is -0.497 e. The first-order chi connectivity index (χ1) is 15.2. The van der Waals surface area contributed by atoms with Crippen LogP contribution in [-0.2, 0) is 4.79 Å². The summed E-state index contributed by atoms with van der Waals surface area (Å²) >= 11 is 0. The van der Waals surface area contributed by atoms with Crippen LogP contribution in [0.2, 0.25) is 0 Å². The lowest BCUT2D eigenvalue weighted by Gasteiger charge is -2.09. The molecular formula is C23H25N3O5. The van der Waals surface area contributed by atoms with Gasteiger partial charge in [-0.2, -0.15) is 0 Å². The number of methoxy groups -OCH3 is 1. The van der Waals surface area contributed by atoms with Crippen LogP contribution in [0.1, 0.15) is 6.92 Å². The van der Waals surface area contributed by atoms with Gasteiger partial charge in [0.2, 0.25) is 5.88 Å². The maximum Gasteiger partial charge on any atom is 0.258 e. The highest BCUT2D eigenvalue weighted by Gasteiger charge is 2.05. The van der Waals surface area contributed by atoms with E-state index in [4.69, 9.17) is 18.9 Å². The van der Waals surface area contributed by atoms with E-state index < -0.39 is 0 Å². The fourth-order valence-corrected chi connectivity index (χ4v) is 2.68. The molecule has 8 heteroatoms. The van der Waals surface area contributed by atoms with Gasteiger partial charge in [0, 0.05) is 17.7 Å². The Labute approximate surface area is 181 Å². The zero-order chi connectivity index (χ0) is 21.9. The molecule has 2 aromatic carbocycles. The number of amides is 1. The predicted molar refractivity (Wildman–Crippen MR) is 116 cm³/mol. The minimum absolute atomic E-state index is 0.0935. The summed E-state index contributed by atoms with van der Waals surface area (Å²) in [6.07, 6.45) is 0. The largest absolute Gasteiger partial charge is 0.497 e. The quantitative estimate of drug-likeness (QED) is 0.474. The Bertz CT molecular complexity index is 962. The van der Waals surface area contributed by atoms with E-state index >= 15 is 0 Å². The molecule has 162 valence electrons. The summed E-state index contributed by atoms with van der Waals surface area (Å²) in [5.41, 5.74) is 1.67. The van der Waals surface area contributed by atoms with Crippen molar-refractivity contribution in [1.29, 1.82) is 0 Å². The molecule has 1 aromatic heterocycles. The molecule has 3 aromatic rings. The molecule has 3 rings (SSSR count). The summed E-state index contributed by atoms with van der Waals surface area (Å²) in [5, 5.41) is 11.0. The molecular weight excluding hydrogens is 398 g/mol. The third-order valence-electron chi connectivity index (χ3n) is 4.19. The fourth-order valence-electron chi connectivity index (χ4n) is 2.68. The van der Waals surface area contributed by atoms with Crippen molar-refractivity contribution in [3.05, 3.63) is 60.7 Å². The van der Waals surface area contributed by atoms with Crippen molar-refractivity contribution in [1.82, 2.24) is 15.5 Å². The summed E-state index contributed by atoms with van der Waals surface area (Å²) in [7, 11) is 1.57. The summed E-state index contributed by atoms with van der Waals surface area (Å²) in [4.78, 5) is 11.9. The normalized spacial score (nSPS) is 10.3. The van der Waals surface area contributed by atoms with Crippen LogP contribution in [0.25, 0.3) is 11.3 Å². The summed E-state index contributed by atoms with van der Waals surface area (Å²) < 4.78 is 21.5. The molecule has 1 N–H and O–H groups in total. The van der Waals surface area contributed by atoms with Gasteiger partial charge in [0.25, 0.3) is 5.91 Å². The second kappa shape index (κ2) is 11.4. The van der Waals surface area contributed by atoms with Crippen LogP contribution >= 0.6 is 0 Å². The van der Waals surface area contributed by atoms with E-state index in [-0.39, 0.29) is 19.1 Å². The number of aromatic nitrogens is 2. The predicted octanol–water partition coefficient (Wildman–Crippen LogP) is 3.12. The Kier molecular flexibility index (Phi) is 8.05. The number of nitrogens with zero attached hydrogens (tertiary/aromatic N) is 2. The van der Waals surface area contributed by atoms with Gasteiger partial charge in [-0.25, -0.2) is 0 Å². The van der Waals surface area contributed by atoms with Crippen molar-refractivity contribution >= 4 is 5.91 Å². The Morgan fingerprint density at radius 1 is 0.903 bits per heavy atom. The van der Waals surface area contributed by atoms with E-state index in [9.17, 15) is 4.79 Å². The van der Waals surface area contributed by atoms with Crippen LogP contribution in [0.4, 0.5) is 0 Å². The number of rotatable bonds is 11. The molecule has 1 heterocycles.